The Morgan fingerprint density at radius 2 is 1.73 bits per heavy atom. The smallest absolute Gasteiger partial charge is 0.171 e. The van der Waals surface area contributed by atoms with Crippen LogP contribution in [0.5, 0.6) is 11.5 Å². The van der Waals surface area contributed by atoms with E-state index in [0.29, 0.717) is 23.2 Å². The zero-order valence-corrected chi connectivity index (χ0v) is 14.8. The van der Waals surface area contributed by atoms with Crippen LogP contribution in [0.4, 0.5) is 5.69 Å². The van der Waals surface area contributed by atoms with E-state index in [1.807, 2.05) is 42.5 Å². The van der Waals surface area contributed by atoms with Crippen molar-refractivity contribution in [2.45, 2.75) is 6.54 Å². The topological polar surface area (TPSA) is 42.5 Å². The maximum absolute atomic E-state index is 5.29. The van der Waals surface area contributed by atoms with E-state index in [1.165, 1.54) is 0 Å². The maximum Gasteiger partial charge on any atom is 0.171 e. The first kappa shape index (κ1) is 16.6. The van der Waals surface area contributed by atoms with Crippen LogP contribution in [-0.2, 0) is 6.54 Å². The van der Waals surface area contributed by atoms with Gasteiger partial charge in [0, 0.05) is 16.7 Å². The predicted octanol–water partition coefficient (Wildman–Crippen LogP) is 3.95. The number of anilines is 1. The van der Waals surface area contributed by atoms with E-state index in [1.54, 1.807) is 14.2 Å². The third kappa shape index (κ3) is 4.61. The van der Waals surface area contributed by atoms with E-state index in [0.717, 1.165) is 15.7 Å². The lowest BCUT2D eigenvalue weighted by molar-refractivity contribution is 0.354. The summed E-state index contributed by atoms with van der Waals surface area (Å²) >= 11 is 8.69. The molecule has 0 aliphatic rings. The van der Waals surface area contributed by atoms with Crippen molar-refractivity contribution in [2.75, 3.05) is 19.5 Å². The summed E-state index contributed by atoms with van der Waals surface area (Å²) < 4.78 is 11.5. The van der Waals surface area contributed by atoms with Gasteiger partial charge in [-0.15, -0.1) is 0 Å². The van der Waals surface area contributed by atoms with Crippen LogP contribution in [0.3, 0.4) is 0 Å². The third-order valence-corrected chi connectivity index (χ3v) is 3.78. The Kier molecular flexibility index (Phi) is 6.03. The molecule has 116 valence electrons. The van der Waals surface area contributed by atoms with Gasteiger partial charge >= 0.3 is 0 Å². The van der Waals surface area contributed by atoms with Crippen molar-refractivity contribution in [2.24, 2.45) is 0 Å². The Morgan fingerprint density at radius 3 is 2.36 bits per heavy atom. The molecule has 0 bridgehead atoms. The standard InChI is InChI=1S/C16H17BrN2O2S/c1-20-14-8-3-11(9-15(14)21-2)10-18-16(22)19-13-6-4-12(17)5-7-13/h3-9H,10H2,1-2H3,(H2,18,19,22). The summed E-state index contributed by atoms with van der Waals surface area (Å²) in [6.45, 7) is 0.600. The van der Waals surface area contributed by atoms with Crippen LogP contribution < -0.4 is 20.1 Å². The largest absolute Gasteiger partial charge is 0.493 e. The van der Waals surface area contributed by atoms with Crippen LogP contribution in [0.15, 0.2) is 46.9 Å². The van der Waals surface area contributed by atoms with Gasteiger partial charge in [0.1, 0.15) is 0 Å². The summed E-state index contributed by atoms with van der Waals surface area (Å²) in [4.78, 5) is 0. The van der Waals surface area contributed by atoms with Gasteiger partial charge in [0.05, 0.1) is 14.2 Å². The van der Waals surface area contributed by atoms with Gasteiger partial charge in [-0.3, -0.25) is 0 Å². The molecule has 0 spiro atoms. The van der Waals surface area contributed by atoms with E-state index >= 15 is 0 Å². The highest BCUT2D eigenvalue weighted by Crippen LogP contribution is 2.27. The van der Waals surface area contributed by atoms with Crippen molar-refractivity contribution in [3.8, 4) is 11.5 Å². The summed E-state index contributed by atoms with van der Waals surface area (Å²) in [7, 11) is 3.24. The molecule has 2 aromatic rings. The molecule has 0 aromatic heterocycles. The summed E-state index contributed by atoms with van der Waals surface area (Å²) in [6, 6.07) is 13.6. The molecule has 0 aliphatic heterocycles. The van der Waals surface area contributed by atoms with Crippen molar-refractivity contribution in [3.63, 3.8) is 0 Å². The highest BCUT2D eigenvalue weighted by molar-refractivity contribution is 9.10. The monoisotopic (exact) mass is 380 g/mol. The first-order valence-electron chi connectivity index (χ1n) is 6.63. The second-order valence-corrected chi connectivity index (χ2v) is 5.83. The van der Waals surface area contributed by atoms with Gasteiger partial charge in [-0.1, -0.05) is 22.0 Å². The van der Waals surface area contributed by atoms with Gasteiger partial charge in [0.2, 0.25) is 0 Å². The summed E-state index contributed by atoms with van der Waals surface area (Å²) in [5.74, 6) is 1.41. The minimum atomic E-state index is 0.567. The van der Waals surface area contributed by atoms with Crippen molar-refractivity contribution < 1.29 is 9.47 Å². The minimum Gasteiger partial charge on any atom is -0.493 e. The van der Waals surface area contributed by atoms with Crippen LogP contribution in [0.1, 0.15) is 5.56 Å². The lowest BCUT2D eigenvalue weighted by atomic mass is 10.2. The predicted molar refractivity (Wildman–Crippen MR) is 96.7 cm³/mol. The number of methoxy groups -OCH3 is 2. The lowest BCUT2D eigenvalue weighted by Gasteiger charge is -2.12. The van der Waals surface area contributed by atoms with Crippen molar-refractivity contribution in [3.05, 3.63) is 52.5 Å². The van der Waals surface area contributed by atoms with Gasteiger partial charge in [0.15, 0.2) is 16.6 Å². The number of nitrogens with one attached hydrogen (secondary N) is 2. The van der Waals surface area contributed by atoms with Crippen LogP contribution in [-0.4, -0.2) is 19.3 Å². The number of hydrogen-bond donors (Lipinski definition) is 2. The molecule has 0 radical (unpaired) electrons. The third-order valence-electron chi connectivity index (χ3n) is 3.00. The van der Waals surface area contributed by atoms with Crippen LogP contribution in [0.2, 0.25) is 0 Å². The summed E-state index contributed by atoms with van der Waals surface area (Å²) in [5, 5.41) is 6.86. The summed E-state index contributed by atoms with van der Waals surface area (Å²) in [6.07, 6.45) is 0. The quantitative estimate of drug-likeness (QED) is 0.768. The summed E-state index contributed by atoms with van der Waals surface area (Å²) in [5.41, 5.74) is 1.99. The van der Waals surface area contributed by atoms with Gasteiger partial charge < -0.3 is 20.1 Å². The Labute approximate surface area is 144 Å². The number of hydrogen-bond acceptors (Lipinski definition) is 3. The average molecular weight is 381 g/mol. The molecule has 0 heterocycles. The Morgan fingerprint density at radius 1 is 1.05 bits per heavy atom. The fourth-order valence-corrected chi connectivity index (χ4v) is 2.34. The molecule has 0 fully saturated rings. The zero-order chi connectivity index (χ0) is 15.9. The Bertz CT molecular complexity index is 647. The first-order valence-corrected chi connectivity index (χ1v) is 7.84. The zero-order valence-electron chi connectivity index (χ0n) is 12.4. The van der Waals surface area contributed by atoms with E-state index in [9.17, 15) is 0 Å². The average Bonchev–Trinajstić information content (AvgIpc) is 2.54. The highest BCUT2D eigenvalue weighted by atomic mass is 79.9. The second kappa shape index (κ2) is 8.00. The van der Waals surface area contributed by atoms with E-state index in [-0.39, 0.29) is 0 Å². The molecule has 0 unspecified atom stereocenters. The molecule has 6 heteroatoms. The first-order chi connectivity index (χ1) is 10.6. The Hall–Kier alpha value is -1.79. The molecule has 0 saturated carbocycles. The van der Waals surface area contributed by atoms with Gasteiger partial charge in [-0.2, -0.15) is 0 Å². The molecule has 22 heavy (non-hydrogen) atoms. The fourth-order valence-electron chi connectivity index (χ4n) is 1.88. The van der Waals surface area contributed by atoms with Crippen molar-refractivity contribution >= 4 is 38.9 Å². The normalized spacial score (nSPS) is 9.95. The van der Waals surface area contributed by atoms with Crippen LogP contribution in [0, 0.1) is 0 Å². The lowest BCUT2D eigenvalue weighted by Crippen LogP contribution is -2.27. The number of thiocarbonyl (C=S) groups is 1. The van der Waals surface area contributed by atoms with E-state index < -0.39 is 0 Å². The number of benzene rings is 2. The molecule has 2 aromatic carbocycles. The Balaban J connectivity index is 1.92. The molecule has 2 rings (SSSR count). The van der Waals surface area contributed by atoms with Gasteiger partial charge in [0.25, 0.3) is 0 Å². The molecular weight excluding hydrogens is 364 g/mol. The fraction of sp³-hybridized carbons (Fsp3) is 0.188. The molecule has 0 aliphatic carbocycles. The maximum atomic E-state index is 5.29. The molecular formula is C16H17BrN2O2S. The number of halogens is 1. The van der Waals surface area contributed by atoms with Crippen LogP contribution >= 0.6 is 28.1 Å². The van der Waals surface area contributed by atoms with Crippen molar-refractivity contribution in [1.29, 1.82) is 0 Å². The number of ether oxygens (including phenoxy) is 2. The highest BCUT2D eigenvalue weighted by Gasteiger charge is 2.05. The second-order valence-electron chi connectivity index (χ2n) is 4.50. The molecule has 0 saturated heterocycles. The minimum absolute atomic E-state index is 0.567. The van der Waals surface area contributed by atoms with E-state index in [2.05, 4.69) is 26.6 Å². The molecule has 4 nitrogen and oxygen atoms in total. The molecule has 0 amide bonds. The molecule has 0 atom stereocenters. The van der Waals surface area contributed by atoms with Crippen LogP contribution in [0.25, 0.3) is 0 Å². The van der Waals surface area contributed by atoms with Crippen molar-refractivity contribution in [1.82, 2.24) is 5.32 Å². The number of rotatable bonds is 5. The van der Waals surface area contributed by atoms with Gasteiger partial charge in [-0.25, -0.2) is 0 Å². The van der Waals surface area contributed by atoms with Gasteiger partial charge in [-0.05, 0) is 54.2 Å². The van der Waals surface area contributed by atoms with E-state index in [4.69, 9.17) is 21.7 Å². The SMILES string of the molecule is COc1ccc(CNC(=S)Nc2ccc(Br)cc2)cc1OC. The molecule has 2 N–H and O–H groups in total.